The molecule has 1 aliphatic heterocycles. The van der Waals surface area contributed by atoms with Crippen molar-refractivity contribution in [3.8, 4) is 5.75 Å². The number of hydrogen-bond acceptors (Lipinski definition) is 5. The van der Waals surface area contributed by atoms with E-state index in [1.54, 1.807) is 13.1 Å². The Balaban J connectivity index is 2.12. The third kappa shape index (κ3) is 3.23. The van der Waals surface area contributed by atoms with Crippen LogP contribution in [-0.2, 0) is 17.9 Å². The lowest BCUT2D eigenvalue weighted by Gasteiger charge is -2.35. The fourth-order valence-corrected chi connectivity index (χ4v) is 2.32. The van der Waals surface area contributed by atoms with Crippen molar-refractivity contribution in [2.45, 2.75) is 45.4 Å². The predicted octanol–water partition coefficient (Wildman–Crippen LogP) is 1.25. The Bertz CT molecular complexity index is 443. The molecule has 1 fully saturated rings. The topological polar surface area (TPSA) is 74.6 Å². The molecule has 106 valence electrons. The Hall–Kier alpha value is -1.17. The minimum atomic E-state index is -0.113. The van der Waals surface area contributed by atoms with Crippen LogP contribution in [0.3, 0.4) is 0 Å². The standard InChI is InChI=1S/C14H22N2O3/c1-10-13(18)12(11(9-17)7-15-10)8-16-14(2)3-5-19-6-4-14/h7,16-18H,3-6,8-9H2,1-2H3. The summed E-state index contributed by atoms with van der Waals surface area (Å²) in [5.41, 5.74) is 2.02. The van der Waals surface area contributed by atoms with Crippen LogP contribution in [-0.4, -0.2) is 33.9 Å². The first-order valence-corrected chi connectivity index (χ1v) is 6.66. The van der Waals surface area contributed by atoms with Crippen LogP contribution < -0.4 is 5.32 Å². The second-order valence-electron chi connectivity index (χ2n) is 5.38. The van der Waals surface area contributed by atoms with Gasteiger partial charge in [-0.1, -0.05) is 0 Å². The van der Waals surface area contributed by atoms with Gasteiger partial charge < -0.3 is 20.3 Å². The summed E-state index contributed by atoms with van der Waals surface area (Å²) in [7, 11) is 0. The maximum Gasteiger partial charge on any atom is 0.141 e. The lowest BCUT2D eigenvalue weighted by atomic mass is 9.92. The number of aryl methyl sites for hydroxylation is 1. The van der Waals surface area contributed by atoms with Crippen molar-refractivity contribution >= 4 is 0 Å². The van der Waals surface area contributed by atoms with Gasteiger partial charge in [0.25, 0.3) is 0 Å². The maximum absolute atomic E-state index is 10.1. The molecule has 5 nitrogen and oxygen atoms in total. The van der Waals surface area contributed by atoms with E-state index >= 15 is 0 Å². The third-order valence-corrected chi connectivity index (χ3v) is 3.89. The van der Waals surface area contributed by atoms with E-state index in [1.165, 1.54) is 0 Å². The number of ether oxygens (including phenoxy) is 1. The number of aromatic nitrogens is 1. The lowest BCUT2D eigenvalue weighted by molar-refractivity contribution is 0.0445. The first-order chi connectivity index (χ1) is 9.06. The number of aliphatic hydroxyl groups excluding tert-OH is 1. The normalized spacial score (nSPS) is 18.5. The molecule has 5 heteroatoms. The molecule has 19 heavy (non-hydrogen) atoms. The number of aliphatic hydroxyl groups is 1. The molecule has 3 N–H and O–H groups in total. The molecule has 1 aromatic rings. The largest absolute Gasteiger partial charge is 0.506 e. The van der Waals surface area contributed by atoms with E-state index in [4.69, 9.17) is 4.74 Å². The Morgan fingerprint density at radius 2 is 2.11 bits per heavy atom. The number of rotatable bonds is 4. The summed E-state index contributed by atoms with van der Waals surface area (Å²) in [6.45, 7) is 5.87. The summed E-state index contributed by atoms with van der Waals surface area (Å²) in [5, 5.41) is 22.9. The van der Waals surface area contributed by atoms with Gasteiger partial charge in [0.15, 0.2) is 0 Å². The van der Waals surface area contributed by atoms with Crippen LogP contribution in [0.2, 0.25) is 0 Å². The molecule has 1 saturated heterocycles. The molecule has 0 unspecified atom stereocenters. The summed E-state index contributed by atoms with van der Waals surface area (Å²) in [4.78, 5) is 4.06. The molecule has 0 aromatic carbocycles. The number of nitrogens with zero attached hydrogens (tertiary/aromatic N) is 1. The van der Waals surface area contributed by atoms with Gasteiger partial charge in [0, 0.05) is 42.6 Å². The highest BCUT2D eigenvalue weighted by molar-refractivity contribution is 5.40. The van der Waals surface area contributed by atoms with Crippen molar-refractivity contribution in [3.05, 3.63) is 23.0 Å². The Kier molecular flexibility index (Phi) is 4.39. The van der Waals surface area contributed by atoms with Crippen LogP contribution in [0, 0.1) is 6.92 Å². The summed E-state index contributed by atoms with van der Waals surface area (Å²) < 4.78 is 5.37. The molecule has 0 saturated carbocycles. The van der Waals surface area contributed by atoms with E-state index in [0.29, 0.717) is 17.8 Å². The summed E-state index contributed by atoms with van der Waals surface area (Å²) >= 11 is 0. The van der Waals surface area contributed by atoms with Gasteiger partial charge in [-0.15, -0.1) is 0 Å². The predicted molar refractivity (Wildman–Crippen MR) is 71.9 cm³/mol. The van der Waals surface area contributed by atoms with Crippen molar-refractivity contribution in [1.29, 1.82) is 0 Å². The molecule has 0 bridgehead atoms. The molecule has 0 aliphatic carbocycles. The first kappa shape index (κ1) is 14.2. The summed E-state index contributed by atoms with van der Waals surface area (Å²) in [5.74, 6) is 0.176. The van der Waals surface area contributed by atoms with Crippen molar-refractivity contribution in [3.63, 3.8) is 0 Å². The number of hydrogen-bond donors (Lipinski definition) is 3. The fourth-order valence-electron chi connectivity index (χ4n) is 2.32. The molecule has 0 atom stereocenters. The van der Waals surface area contributed by atoms with E-state index < -0.39 is 0 Å². The van der Waals surface area contributed by atoms with E-state index in [2.05, 4.69) is 17.2 Å². The zero-order valence-electron chi connectivity index (χ0n) is 11.6. The maximum atomic E-state index is 10.1. The van der Waals surface area contributed by atoms with Crippen LogP contribution in [0.15, 0.2) is 6.20 Å². The summed E-state index contributed by atoms with van der Waals surface area (Å²) in [6.07, 6.45) is 3.52. The number of nitrogens with one attached hydrogen (secondary N) is 1. The van der Waals surface area contributed by atoms with Gasteiger partial charge in [0.05, 0.1) is 12.3 Å². The lowest BCUT2D eigenvalue weighted by Crippen LogP contribution is -2.46. The minimum Gasteiger partial charge on any atom is -0.506 e. The van der Waals surface area contributed by atoms with Gasteiger partial charge in [-0.2, -0.15) is 0 Å². The van der Waals surface area contributed by atoms with Crippen LogP contribution in [0.1, 0.15) is 36.6 Å². The van der Waals surface area contributed by atoms with Crippen molar-refractivity contribution in [1.82, 2.24) is 10.3 Å². The summed E-state index contributed by atoms with van der Waals surface area (Å²) in [6, 6.07) is 0. The Labute approximate surface area is 113 Å². The highest BCUT2D eigenvalue weighted by Crippen LogP contribution is 2.26. The monoisotopic (exact) mass is 266 g/mol. The Morgan fingerprint density at radius 1 is 1.42 bits per heavy atom. The second kappa shape index (κ2) is 5.86. The highest BCUT2D eigenvalue weighted by atomic mass is 16.5. The van der Waals surface area contributed by atoms with Crippen LogP contribution in [0.4, 0.5) is 0 Å². The van der Waals surface area contributed by atoms with Gasteiger partial charge in [-0.3, -0.25) is 4.98 Å². The second-order valence-corrected chi connectivity index (χ2v) is 5.38. The van der Waals surface area contributed by atoms with E-state index in [1.807, 2.05) is 0 Å². The van der Waals surface area contributed by atoms with Crippen LogP contribution >= 0.6 is 0 Å². The van der Waals surface area contributed by atoms with Crippen LogP contribution in [0.5, 0.6) is 5.75 Å². The molecule has 0 radical (unpaired) electrons. The van der Waals surface area contributed by atoms with E-state index in [-0.39, 0.29) is 17.9 Å². The molecule has 0 spiro atoms. The SMILES string of the molecule is Cc1ncc(CO)c(CNC2(C)CCOCC2)c1O. The highest BCUT2D eigenvalue weighted by Gasteiger charge is 2.27. The third-order valence-electron chi connectivity index (χ3n) is 3.89. The molecule has 1 aliphatic rings. The minimum absolute atomic E-state index is 0.0224. The van der Waals surface area contributed by atoms with E-state index in [9.17, 15) is 10.2 Å². The van der Waals surface area contributed by atoms with Gasteiger partial charge in [-0.05, 0) is 26.7 Å². The quantitative estimate of drug-likeness (QED) is 0.764. The van der Waals surface area contributed by atoms with E-state index in [0.717, 1.165) is 31.6 Å². The van der Waals surface area contributed by atoms with Gasteiger partial charge in [-0.25, -0.2) is 0 Å². The zero-order valence-corrected chi connectivity index (χ0v) is 11.6. The van der Waals surface area contributed by atoms with Gasteiger partial charge in [0.2, 0.25) is 0 Å². The molecule has 0 amide bonds. The van der Waals surface area contributed by atoms with Crippen molar-refractivity contribution in [2.24, 2.45) is 0 Å². The van der Waals surface area contributed by atoms with Crippen molar-refractivity contribution < 1.29 is 14.9 Å². The molecule has 2 heterocycles. The molecule has 2 rings (SSSR count). The average Bonchev–Trinajstić information content (AvgIpc) is 2.41. The molecule has 1 aromatic heterocycles. The number of pyridine rings is 1. The zero-order chi connectivity index (χ0) is 13.9. The Morgan fingerprint density at radius 3 is 2.74 bits per heavy atom. The van der Waals surface area contributed by atoms with Crippen LogP contribution in [0.25, 0.3) is 0 Å². The van der Waals surface area contributed by atoms with Gasteiger partial charge >= 0.3 is 0 Å². The molecular formula is C14H22N2O3. The smallest absolute Gasteiger partial charge is 0.141 e. The molecular weight excluding hydrogens is 244 g/mol. The first-order valence-electron chi connectivity index (χ1n) is 6.66. The van der Waals surface area contributed by atoms with Crippen molar-refractivity contribution in [2.75, 3.05) is 13.2 Å². The number of aromatic hydroxyl groups is 1. The average molecular weight is 266 g/mol. The van der Waals surface area contributed by atoms with Gasteiger partial charge in [0.1, 0.15) is 5.75 Å². The fraction of sp³-hybridized carbons (Fsp3) is 0.643.